The molecule has 1 aliphatic heterocycles. The van der Waals surface area contributed by atoms with Gasteiger partial charge in [-0.05, 0) is 13.0 Å². The largest absolute Gasteiger partial charge is 0.397 e. The summed E-state index contributed by atoms with van der Waals surface area (Å²) in [7, 11) is 0. The molecule has 5 N–H and O–H groups in total. The Labute approximate surface area is 121 Å². The van der Waals surface area contributed by atoms with Gasteiger partial charge < -0.3 is 26.0 Å². The van der Waals surface area contributed by atoms with Crippen molar-refractivity contribution in [2.45, 2.75) is 14.4 Å². The van der Waals surface area contributed by atoms with E-state index in [0.717, 1.165) is 49.6 Å². The highest BCUT2D eigenvalue weighted by molar-refractivity contribution is 5.66. The first kappa shape index (κ1) is 16.5. The summed E-state index contributed by atoms with van der Waals surface area (Å²) >= 11 is 0. The number of hydrogen-bond donors (Lipinski definition) is 3. The third-order valence-corrected chi connectivity index (χ3v) is 4.15. The Morgan fingerprint density at radius 3 is 2.50 bits per heavy atom. The van der Waals surface area contributed by atoms with Crippen molar-refractivity contribution in [3.05, 3.63) is 12.3 Å². The first-order valence-corrected chi connectivity index (χ1v) is 6.82. The van der Waals surface area contributed by atoms with Gasteiger partial charge in [-0.1, -0.05) is 7.43 Å². The minimum Gasteiger partial charge on any atom is -0.397 e. The fourth-order valence-electron chi connectivity index (χ4n) is 2.77. The molecule has 0 atom stereocenters. The first-order chi connectivity index (χ1) is 9.10. The molecule has 1 saturated heterocycles. The van der Waals surface area contributed by atoms with Gasteiger partial charge in [0.2, 0.25) is 0 Å². The van der Waals surface area contributed by atoms with E-state index in [4.69, 9.17) is 11.5 Å². The molecule has 2 rings (SSSR count). The van der Waals surface area contributed by atoms with E-state index in [-0.39, 0.29) is 14.0 Å². The number of nitrogens with two attached hydrogens (primary N) is 2. The number of nitrogens with zero attached hydrogens (tertiary/aromatic N) is 3. The van der Waals surface area contributed by atoms with E-state index < -0.39 is 0 Å². The molecule has 0 unspecified atom stereocenters. The van der Waals surface area contributed by atoms with Crippen LogP contribution in [0.5, 0.6) is 0 Å². The number of nitrogen functional groups attached to an aromatic ring is 2. The van der Waals surface area contributed by atoms with Crippen LogP contribution in [0.1, 0.15) is 14.4 Å². The highest BCUT2D eigenvalue weighted by Gasteiger charge is 2.31. The number of aliphatic hydroxyl groups excluding tert-OH is 1. The highest BCUT2D eigenvalue weighted by Crippen LogP contribution is 2.24. The van der Waals surface area contributed by atoms with Crippen molar-refractivity contribution in [2.24, 2.45) is 0 Å². The molecule has 0 amide bonds. The minimum absolute atomic E-state index is 0. The summed E-state index contributed by atoms with van der Waals surface area (Å²) in [6.07, 6.45) is 1.65. The third-order valence-electron chi connectivity index (χ3n) is 4.15. The molecular weight excluding hydrogens is 254 g/mol. The third kappa shape index (κ3) is 3.32. The minimum atomic E-state index is 0. The van der Waals surface area contributed by atoms with E-state index in [1.165, 1.54) is 0 Å². The van der Waals surface area contributed by atoms with Gasteiger partial charge >= 0.3 is 0 Å². The number of quaternary nitrogens is 1. The van der Waals surface area contributed by atoms with Crippen molar-refractivity contribution in [1.29, 1.82) is 0 Å². The summed E-state index contributed by atoms with van der Waals surface area (Å²) < 4.78 is 0.974. The number of piperazine rings is 1. The Balaban J connectivity index is 0.00000200. The average molecular weight is 282 g/mol. The number of aromatic nitrogens is 1. The van der Waals surface area contributed by atoms with Gasteiger partial charge in [0.05, 0.1) is 56.9 Å². The zero-order valence-corrected chi connectivity index (χ0v) is 11.5. The molecule has 0 bridgehead atoms. The zero-order chi connectivity index (χ0) is 13.9. The number of likely N-dealkylation sites (N-methyl/N-ethyl adjacent to an activating group) is 1. The normalized spacial score (nSPS) is 17.6. The second kappa shape index (κ2) is 6.76. The maximum Gasteiger partial charge on any atom is 0.152 e. The van der Waals surface area contributed by atoms with Crippen LogP contribution in [0.25, 0.3) is 0 Å². The Hall–Kier alpha value is -1.53. The predicted octanol–water partition coefficient (Wildman–Crippen LogP) is 0.531. The number of anilines is 3. The molecule has 1 aromatic rings. The maximum atomic E-state index is 9.20. The zero-order valence-electron chi connectivity index (χ0n) is 11.5. The predicted molar refractivity (Wildman–Crippen MR) is 84.5 cm³/mol. The lowest BCUT2D eigenvalue weighted by atomic mass is 10.2. The molecule has 0 saturated carbocycles. The molecular formula is C14H28N5O+. The SMILES string of the molecule is C.CC[N+]1(CCO)CCN(c2ncc(N)cc2N)CC1. The molecule has 1 fully saturated rings. The van der Waals surface area contributed by atoms with Crippen molar-refractivity contribution >= 4 is 17.2 Å². The molecule has 1 aromatic heterocycles. The highest BCUT2D eigenvalue weighted by atomic mass is 16.3. The average Bonchev–Trinajstić information content (AvgIpc) is 2.40. The Bertz CT molecular complexity index is 430. The summed E-state index contributed by atoms with van der Waals surface area (Å²) in [6.45, 7) is 8.17. The van der Waals surface area contributed by atoms with E-state index in [0.29, 0.717) is 11.4 Å². The molecule has 0 spiro atoms. The van der Waals surface area contributed by atoms with Crippen LogP contribution in [0.3, 0.4) is 0 Å². The van der Waals surface area contributed by atoms with Crippen LogP contribution in [-0.2, 0) is 0 Å². The van der Waals surface area contributed by atoms with Gasteiger partial charge in [-0.25, -0.2) is 4.98 Å². The van der Waals surface area contributed by atoms with Gasteiger partial charge in [0.1, 0.15) is 6.54 Å². The van der Waals surface area contributed by atoms with E-state index in [9.17, 15) is 5.11 Å². The van der Waals surface area contributed by atoms with Crippen LogP contribution >= 0.6 is 0 Å². The van der Waals surface area contributed by atoms with Crippen molar-refractivity contribution in [3.63, 3.8) is 0 Å². The van der Waals surface area contributed by atoms with Crippen LogP contribution in [0, 0.1) is 0 Å². The van der Waals surface area contributed by atoms with E-state index in [1.54, 1.807) is 12.3 Å². The van der Waals surface area contributed by atoms with Gasteiger partial charge in [-0.2, -0.15) is 0 Å². The summed E-state index contributed by atoms with van der Waals surface area (Å²) in [6, 6.07) is 1.76. The lowest BCUT2D eigenvalue weighted by Gasteiger charge is -2.44. The summed E-state index contributed by atoms with van der Waals surface area (Å²) in [5.41, 5.74) is 12.9. The van der Waals surface area contributed by atoms with Crippen LogP contribution in [0.4, 0.5) is 17.2 Å². The number of aliphatic hydroxyl groups is 1. The van der Waals surface area contributed by atoms with Crippen LogP contribution < -0.4 is 16.4 Å². The fourth-order valence-corrected chi connectivity index (χ4v) is 2.77. The van der Waals surface area contributed by atoms with Crippen LogP contribution in [-0.4, -0.2) is 60.4 Å². The summed E-state index contributed by atoms with van der Waals surface area (Å²) in [4.78, 5) is 6.55. The molecule has 6 heteroatoms. The van der Waals surface area contributed by atoms with Crippen molar-refractivity contribution in [1.82, 2.24) is 4.98 Å². The van der Waals surface area contributed by atoms with Crippen molar-refractivity contribution < 1.29 is 9.59 Å². The van der Waals surface area contributed by atoms with Crippen molar-refractivity contribution in [2.75, 3.05) is 62.2 Å². The molecule has 20 heavy (non-hydrogen) atoms. The first-order valence-electron chi connectivity index (χ1n) is 6.82. The van der Waals surface area contributed by atoms with Gasteiger partial charge in [-0.15, -0.1) is 0 Å². The van der Waals surface area contributed by atoms with Crippen LogP contribution in [0.2, 0.25) is 0 Å². The topological polar surface area (TPSA) is 88.4 Å². The summed E-state index contributed by atoms with van der Waals surface area (Å²) in [5, 5.41) is 9.20. The molecule has 2 heterocycles. The second-order valence-electron chi connectivity index (χ2n) is 5.22. The molecule has 0 aromatic carbocycles. The molecule has 114 valence electrons. The smallest absolute Gasteiger partial charge is 0.152 e. The quantitative estimate of drug-likeness (QED) is 0.701. The van der Waals surface area contributed by atoms with E-state index >= 15 is 0 Å². The Morgan fingerprint density at radius 1 is 1.35 bits per heavy atom. The lowest BCUT2D eigenvalue weighted by molar-refractivity contribution is -0.927. The molecule has 0 aliphatic carbocycles. The second-order valence-corrected chi connectivity index (χ2v) is 5.22. The number of hydrogen-bond acceptors (Lipinski definition) is 5. The van der Waals surface area contributed by atoms with Crippen LogP contribution in [0.15, 0.2) is 12.3 Å². The Morgan fingerprint density at radius 2 is 2.00 bits per heavy atom. The van der Waals surface area contributed by atoms with Gasteiger partial charge in [0.25, 0.3) is 0 Å². The lowest BCUT2D eigenvalue weighted by Crippen LogP contribution is -2.60. The number of rotatable bonds is 4. The Kier molecular flexibility index (Phi) is 5.59. The van der Waals surface area contributed by atoms with Crippen molar-refractivity contribution in [3.8, 4) is 0 Å². The number of pyridine rings is 1. The van der Waals surface area contributed by atoms with Gasteiger partial charge in [0.15, 0.2) is 5.82 Å². The van der Waals surface area contributed by atoms with Gasteiger partial charge in [0, 0.05) is 0 Å². The van der Waals surface area contributed by atoms with E-state index in [2.05, 4.69) is 16.8 Å². The standard InChI is InChI=1S/C13H24N5O.CH4/c1-2-18(7-8-19)5-3-17(4-6-18)13-12(15)9-11(14)10-16-13;/h9-10,19H,2-8,14-15H2,1H3;1H4/q+1;. The maximum absolute atomic E-state index is 9.20. The van der Waals surface area contributed by atoms with Gasteiger partial charge in [-0.3, -0.25) is 0 Å². The molecule has 6 nitrogen and oxygen atoms in total. The van der Waals surface area contributed by atoms with E-state index in [1.807, 2.05) is 0 Å². The molecule has 1 aliphatic rings. The fraction of sp³-hybridized carbons (Fsp3) is 0.643. The summed E-state index contributed by atoms with van der Waals surface area (Å²) in [5.74, 6) is 0.826. The molecule has 0 radical (unpaired) electrons. The monoisotopic (exact) mass is 282 g/mol.